The maximum Gasteiger partial charge on any atom is 0.409 e. The average molecular weight is 260 g/mol. The lowest BCUT2D eigenvalue weighted by Gasteiger charge is -2.25. The van der Waals surface area contributed by atoms with Gasteiger partial charge in [0.25, 0.3) is 0 Å². The number of rotatable bonds is 1. The standard InChI is InChI=1S/C14H16N2O3/c1-18-12-5-3-4-9-10-8-16(14(17)19-2)7-6-11(10)15-13(9)12/h3-5,15H,6-8H2,1-2H3. The second kappa shape index (κ2) is 4.50. The van der Waals surface area contributed by atoms with Crippen molar-refractivity contribution in [2.75, 3.05) is 20.8 Å². The van der Waals surface area contributed by atoms with E-state index in [1.54, 1.807) is 12.0 Å². The van der Waals surface area contributed by atoms with Gasteiger partial charge in [0.05, 0.1) is 26.3 Å². The Morgan fingerprint density at radius 2 is 2.21 bits per heavy atom. The number of carbonyl (C=O) groups excluding carboxylic acids is 1. The summed E-state index contributed by atoms with van der Waals surface area (Å²) in [6, 6.07) is 5.95. The number of H-pyrrole nitrogens is 1. The number of fused-ring (bicyclic) bond motifs is 3. The highest BCUT2D eigenvalue weighted by molar-refractivity contribution is 5.90. The first kappa shape index (κ1) is 11.9. The Morgan fingerprint density at radius 1 is 1.37 bits per heavy atom. The summed E-state index contributed by atoms with van der Waals surface area (Å²) in [7, 11) is 3.07. The largest absolute Gasteiger partial charge is 0.495 e. The van der Waals surface area contributed by atoms with E-state index in [4.69, 9.17) is 9.47 Å². The van der Waals surface area contributed by atoms with Crippen LogP contribution in [-0.2, 0) is 17.7 Å². The second-order valence-corrected chi connectivity index (χ2v) is 4.61. The molecule has 2 heterocycles. The molecule has 0 atom stereocenters. The van der Waals surface area contributed by atoms with Crippen LogP contribution >= 0.6 is 0 Å². The zero-order valence-electron chi connectivity index (χ0n) is 11.0. The molecule has 5 heteroatoms. The van der Waals surface area contributed by atoms with Crippen LogP contribution in [0.3, 0.4) is 0 Å². The van der Waals surface area contributed by atoms with Crippen molar-refractivity contribution in [2.45, 2.75) is 13.0 Å². The number of nitrogens with one attached hydrogen (secondary N) is 1. The summed E-state index contributed by atoms with van der Waals surface area (Å²) < 4.78 is 10.2. The fourth-order valence-electron chi connectivity index (χ4n) is 2.67. The Hall–Kier alpha value is -2.17. The smallest absolute Gasteiger partial charge is 0.409 e. The Balaban J connectivity index is 2.07. The van der Waals surface area contributed by atoms with Crippen LogP contribution in [0, 0.1) is 0 Å². The molecule has 0 saturated heterocycles. The molecule has 5 nitrogen and oxygen atoms in total. The molecule has 0 spiro atoms. The van der Waals surface area contributed by atoms with Crippen molar-refractivity contribution < 1.29 is 14.3 Å². The molecular weight excluding hydrogens is 244 g/mol. The highest BCUT2D eigenvalue weighted by Crippen LogP contribution is 2.32. The van der Waals surface area contributed by atoms with E-state index >= 15 is 0 Å². The highest BCUT2D eigenvalue weighted by Gasteiger charge is 2.25. The molecule has 1 aliphatic heterocycles. The lowest BCUT2D eigenvalue weighted by atomic mass is 10.0. The van der Waals surface area contributed by atoms with Crippen LogP contribution in [0.4, 0.5) is 4.79 Å². The predicted octanol–water partition coefficient (Wildman–Crippen LogP) is 2.30. The third-order valence-corrected chi connectivity index (χ3v) is 3.62. The first-order chi connectivity index (χ1) is 9.24. The quantitative estimate of drug-likeness (QED) is 0.856. The number of nitrogens with zero attached hydrogens (tertiary/aromatic N) is 1. The van der Waals surface area contributed by atoms with E-state index in [1.165, 1.54) is 12.8 Å². The monoisotopic (exact) mass is 260 g/mol. The highest BCUT2D eigenvalue weighted by atomic mass is 16.5. The minimum atomic E-state index is -0.275. The lowest BCUT2D eigenvalue weighted by Crippen LogP contribution is -2.35. The van der Waals surface area contributed by atoms with Crippen LogP contribution in [0.5, 0.6) is 5.75 Å². The van der Waals surface area contributed by atoms with Gasteiger partial charge in [-0.25, -0.2) is 4.79 Å². The summed E-state index contributed by atoms with van der Waals surface area (Å²) in [5.74, 6) is 0.830. The van der Waals surface area contributed by atoms with Crippen molar-refractivity contribution in [2.24, 2.45) is 0 Å². The minimum Gasteiger partial charge on any atom is -0.495 e. The molecule has 3 rings (SSSR count). The molecule has 0 saturated carbocycles. The van der Waals surface area contributed by atoms with Gasteiger partial charge in [-0.1, -0.05) is 12.1 Å². The molecule has 0 radical (unpaired) electrons. The third-order valence-electron chi connectivity index (χ3n) is 3.62. The van der Waals surface area contributed by atoms with Crippen molar-refractivity contribution >= 4 is 17.0 Å². The van der Waals surface area contributed by atoms with Gasteiger partial charge in [-0.15, -0.1) is 0 Å². The normalized spacial score (nSPS) is 14.3. The fourth-order valence-corrected chi connectivity index (χ4v) is 2.67. The average Bonchev–Trinajstić information content (AvgIpc) is 2.84. The Morgan fingerprint density at radius 3 is 2.95 bits per heavy atom. The number of aromatic nitrogens is 1. The number of aromatic amines is 1. The van der Waals surface area contributed by atoms with Crippen molar-refractivity contribution in [3.8, 4) is 5.75 Å². The summed E-state index contributed by atoms with van der Waals surface area (Å²) >= 11 is 0. The second-order valence-electron chi connectivity index (χ2n) is 4.61. The molecule has 100 valence electrons. The van der Waals surface area contributed by atoms with Gasteiger partial charge in [-0.05, 0) is 6.07 Å². The topological polar surface area (TPSA) is 54.6 Å². The maximum atomic E-state index is 11.6. The molecule has 1 amide bonds. The van der Waals surface area contributed by atoms with E-state index in [2.05, 4.69) is 4.98 Å². The van der Waals surface area contributed by atoms with Gasteiger partial charge < -0.3 is 19.4 Å². The van der Waals surface area contributed by atoms with Crippen LogP contribution < -0.4 is 4.74 Å². The number of carbonyl (C=O) groups is 1. The molecule has 19 heavy (non-hydrogen) atoms. The zero-order chi connectivity index (χ0) is 13.4. The van der Waals surface area contributed by atoms with Crippen LogP contribution in [0.2, 0.25) is 0 Å². The Kier molecular flexibility index (Phi) is 2.81. The summed E-state index contributed by atoms with van der Waals surface area (Å²) in [6.07, 6.45) is 0.533. The number of hydrogen-bond donors (Lipinski definition) is 1. The van der Waals surface area contributed by atoms with Crippen LogP contribution in [0.1, 0.15) is 11.3 Å². The third kappa shape index (κ3) is 1.82. The summed E-state index contributed by atoms with van der Waals surface area (Å²) in [5.41, 5.74) is 3.34. The van der Waals surface area contributed by atoms with E-state index < -0.39 is 0 Å². The van der Waals surface area contributed by atoms with Crippen molar-refractivity contribution in [1.82, 2.24) is 9.88 Å². The minimum absolute atomic E-state index is 0.275. The number of hydrogen-bond acceptors (Lipinski definition) is 3. The molecule has 0 fully saturated rings. The van der Waals surface area contributed by atoms with Gasteiger partial charge in [0.15, 0.2) is 0 Å². The number of methoxy groups -OCH3 is 2. The van der Waals surface area contributed by atoms with E-state index in [0.29, 0.717) is 13.1 Å². The van der Waals surface area contributed by atoms with Crippen LogP contribution in [0.25, 0.3) is 10.9 Å². The van der Waals surface area contributed by atoms with E-state index in [-0.39, 0.29) is 6.09 Å². The van der Waals surface area contributed by atoms with E-state index in [0.717, 1.165) is 28.6 Å². The first-order valence-electron chi connectivity index (χ1n) is 6.24. The molecule has 0 aliphatic carbocycles. The fraction of sp³-hybridized carbons (Fsp3) is 0.357. The van der Waals surface area contributed by atoms with Crippen molar-refractivity contribution in [3.63, 3.8) is 0 Å². The number of para-hydroxylation sites is 1. The van der Waals surface area contributed by atoms with Crippen molar-refractivity contribution in [1.29, 1.82) is 0 Å². The molecule has 1 aliphatic rings. The van der Waals surface area contributed by atoms with Gasteiger partial charge in [0.2, 0.25) is 0 Å². The van der Waals surface area contributed by atoms with Crippen LogP contribution in [0.15, 0.2) is 18.2 Å². The molecule has 1 aromatic carbocycles. The van der Waals surface area contributed by atoms with Gasteiger partial charge in [-0.3, -0.25) is 0 Å². The number of ether oxygens (including phenoxy) is 2. The molecule has 1 aromatic heterocycles. The Labute approximate surface area is 111 Å². The predicted molar refractivity (Wildman–Crippen MR) is 71.4 cm³/mol. The first-order valence-corrected chi connectivity index (χ1v) is 6.24. The van der Waals surface area contributed by atoms with E-state index in [1.807, 2.05) is 18.2 Å². The van der Waals surface area contributed by atoms with Gasteiger partial charge in [-0.2, -0.15) is 0 Å². The van der Waals surface area contributed by atoms with E-state index in [9.17, 15) is 4.79 Å². The Bertz CT molecular complexity index is 633. The number of amides is 1. The van der Waals surface area contributed by atoms with Gasteiger partial charge in [0.1, 0.15) is 5.75 Å². The molecule has 0 unspecified atom stereocenters. The zero-order valence-corrected chi connectivity index (χ0v) is 11.0. The molecular formula is C14H16N2O3. The van der Waals surface area contributed by atoms with Gasteiger partial charge >= 0.3 is 6.09 Å². The SMILES string of the molecule is COC(=O)N1CCc2[nH]c3c(OC)cccc3c2C1. The molecule has 1 N–H and O–H groups in total. The van der Waals surface area contributed by atoms with Crippen molar-refractivity contribution in [3.05, 3.63) is 29.5 Å². The maximum absolute atomic E-state index is 11.6. The van der Waals surface area contributed by atoms with Gasteiger partial charge in [0, 0.05) is 29.6 Å². The summed E-state index contributed by atoms with van der Waals surface area (Å²) in [6.45, 7) is 1.25. The summed E-state index contributed by atoms with van der Waals surface area (Å²) in [5, 5.41) is 1.11. The number of benzene rings is 1. The molecule has 0 bridgehead atoms. The summed E-state index contributed by atoms with van der Waals surface area (Å²) in [4.78, 5) is 16.8. The molecule has 2 aromatic rings. The lowest BCUT2D eigenvalue weighted by molar-refractivity contribution is 0.119. The van der Waals surface area contributed by atoms with Crippen LogP contribution in [-0.4, -0.2) is 36.7 Å².